The third-order valence-electron chi connectivity index (χ3n) is 3.29. The zero-order chi connectivity index (χ0) is 18.0. The molecule has 0 aliphatic rings. The van der Waals surface area contributed by atoms with Crippen molar-refractivity contribution in [3.63, 3.8) is 0 Å². The second-order valence-corrected chi connectivity index (χ2v) is 7.01. The maximum atomic E-state index is 11.8. The summed E-state index contributed by atoms with van der Waals surface area (Å²) in [7, 11) is 0. The minimum atomic E-state index is -0.366. The van der Waals surface area contributed by atoms with Crippen LogP contribution in [0.2, 0.25) is 5.02 Å². The average Bonchev–Trinajstić information content (AvgIpc) is 2.50. The van der Waals surface area contributed by atoms with Gasteiger partial charge in [-0.25, -0.2) is 0 Å². The molecule has 5 nitrogen and oxygen atoms in total. The molecule has 0 aliphatic carbocycles. The first kappa shape index (κ1) is 20.3. The zero-order valence-corrected chi connectivity index (χ0v) is 15.8. The number of halogens is 1. The van der Waals surface area contributed by atoms with E-state index < -0.39 is 0 Å². The summed E-state index contributed by atoms with van der Waals surface area (Å²) in [6.45, 7) is 10.4. The van der Waals surface area contributed by atoms with Gasteiger partial charge in [-0.3, -0.25) is 9.79 Å². The Hall–Kier alpha value is -1.75. The van der Waals surface area contributed by atoms with Crippen LogP contribution in [-0.4, -0.2) is 38.0 Å². The SMILES string of the molecule is CCNC(=NCCc1cccc(Cl)c1)NCCNC(=O)C(C)(C)C. The molecule has 1 aromatic carbocycles. The Morgan fingerprint density at radius 2 is 1.88 bits per heavy atom. The maximum Gasteiger partial charge on any atom is 0.225 e. The van der Waals surface area contributed by atoms with Gasteiger partial charge in [-0.2, -0.15) is 0 Å². The van der Waals surface area contributed by atoms with Gasteiger partial charge < -0.3 is 16.0 Å². The number of guanidine groups is 1. The van der Waals surface area contributed by atoms with Crippen LogP contribution in [0.5, 0.6) is 0 Å². The summed E-state index contributed by atoms with van der Waals surface area (Å²) in [4.78, 5) is 16.3. The molecular formula is C18H29ClN4O. The van der Waals surface area contributed by atoms with Gasteiger partial charge in [0.05, 0.1) is 0 Å². The lowest BCUT2D eigenvalue weighted by Crippen LogP contribution is -2.43. The molecule has 0 spiro atoms. The third-order valence-corrected chi connectivity index (χ3v) is 3.52. The highest BCUT2D eigenvalue weighted by molar-refractivity contribution is 6.30. The summed E-state index contributed by atoms with van der Waals surface area (Å²) >= 11 is 5.98. The van der Waals surface area contributed by atoms with Crippen molar-refractivity contribution in [2.45, 2.75) is 34.1 Å². The van der Waals surface area contributed by atoms with Gasteiger partial charge in [0.2, 0.25) is 5.91 Å². The fourth-order valence-electron chi connectivity index (χ4n) is 1.95. The van der Waals surface area contributed by atoms with E-state index >= 15 is 0 Å². The molecule has 3 N–H and O–H groups in total. The minimum Gasteiger partial charge on any atom is -0.357 e. The van der Waals surface area contributed by atoms with Crippen LogP contribution in [0.1, 0.15) is 33.3 Å². The molecule has 0 unspecified atom stereocenters. The molecule has 0 aromatic heterocycles. The summed E-state index contributed by atoms with van der Waals surface area (Å²) in [5, 5.41) is 10.1. The molecule has 0 fully saturated rings. The fraction of sp³-hybridized carbons (Fsp3) is 0.556. The second kappa shape index (κ2) is 10.2. The van der Waals surface area contributed by atoms with E-state index in [2.05, 4.69) is 20.9 Å². The molecule has 0 atom stereocenters. The predicted molar refractivity (Wildman–Crippen MR) is 102 cm³/mol. The number of hydrogen-bond donors (Lipinski definition) is 3. The highest BCUT2D eigenvalue weighted by Crippen LogP contribution is 2.12. The molecular weight excluding hydrogens is 324 g/mol. The number of rotatable bonds is 7. The van der Waals surface area contributed by atoms with Gasteiger partial charge >= 0.3 is 0 Å². The van der Waals surface area contributed by atoms with Crippen LogP contribution < -0.4 is 16.0 Å². The Morgan fingerprint density at radius 1 is 1.17 bits per heavy atom. The Labute approximate surface area is 150 Å². The van der Waals surface area contributed by atoms with Crippen LogP contribution in [0, 0.1) is 5.41 Å². The average molecular weight is 353 g/mol. The van der Waals surface area contributed by atoms with Crippen molar-refractivity contribution >= 4 is 23.5 Å². The van der Waals surface area contributed by atoms with Crippen LogP contribution >= 0.6 is 11.6 Å². The first-order valence-electron chi connectivity index (χ1n) is 8.38. The lowest BCUT2D eigenvalue weighted by atomic mass is 9.96. The number of benzene rings is 1. The molecule has 24 heavy (non-hydrogen) atoms. The standard InChI is InChI=1S/C18H29ClN4O/c1-5-20-17(23-12-11-21-16(24)18(2,3)4)22-10-9-14-7-6-8-15(19)13-14/h6-8,13H,5,9-12H2,1-4H3,(H,21,24)(H2,20,22,23). The van der Waals surface area contributed by atoms with Crippen LogP contribution in [0.3, 0.4) is 0 Å². The smallest absolute Gasteiger partial charge is 0.225 e. The van der Waals surface area contributed by atoms with Crippen LogP contribution in [0.25, 0.3) is 0 Å². The van der Waals surface area contributed by atoms with E-state index in [0.29, 0.717) is 19.6 Å². The van der Waals surface area contributed by atoms with E-state index in [0.717, 1.165) is 23.9 Å². The number of nitrogens with one attached hydrogen (secondary N) is 3. The highest BCUT2D eigenvalue weighted by Gasteiger charge is 2.20. The quantitative estimate of drug-likeness (QED) is 0.401. The first-order chi connectivity index (χ1) is 11.3. The van der Waals surface area contributed by atoms with Gasteiger partial charge in [0.15, 0.2) is 5.96 Å². The van der Waals surface area contributed by atoms with Crippen molar-refractivity contribution in [2.75, 3.05) is 26.2 Å². The first-order valence-corrected chi connectivity index (χ1v) is 8.75. The number of carbonyl (C=O) groups is 1. The number of nitrogens with zero attached hydrogens (tertiary/aromatic N) is 1. The van der Waals surface area contributed by atoms with Crippen molar-refractivity contribution < 1.29 is 4.79 Å². The van der Waals surface area contributed by atoms with E-state index in [4.69, 9.17) is 11.6 Å². The molecule has 1 rings (SSSR count). The van der Waals surface area contributed by atoms with Gasteiger partial charge in [-0.15, -0.1) is 0 Å². The molecule has 0 aliphatic heterocycles. The molecule has 0 radical (unpaired) electrons. The van der Waals surface area contributed by atoms with Gasteiger partial charge in [0.25, 0.3) is 0 Å². The Bertz CT molecular complexity index is 552. The maximum absolute atomic E-state index is 11.8. The molecule has 1 aromatic rings. The number of hydrogen-bond acceptors (Lipinski definition) is 2. The highest BCUT2D eigenvalue weighted by atomic mass is 35.5. The number of amides is 1. The van der Waals surface area contributed by atoms with Crippen molar-refractivity contribution in [1.82, 2.24) is 16.0 Å². The molecule has 6 heteroatoms. The molecule has 1 amide bonds. The lowest BCUT2D eigenvalue weighted by molar-refractivity contribution is -0.128. The number of carbonyl (C=O) groups excluding carboxylic acids is 1. The largest absolute Gasteiger partial charge is 0.357 e. The van der Waals surface area contributed by atoms with Crippen molar-refractivity contribution in [3.05, 3.63) is 34.9 Å². The van der Waals surface area contributed by atoms with Crippen LogP contribution in [0.4, 0.5) is 0 Å². The van der Waals surface area contributed by atoms with E-state index in [1.165, 1.54) is 5.56 Å². The predicted octanol–water partition coefficient (Wildman–Crippen LogP) is 2.60. The fourth-order valence-corrected chi connectivity index (χ4v) is 2.17. The van der Waals surface area contributed by atoms with Gasteiger partial charge in [-0.05, 0) is 31.0 Å². The summed E-state index contributed by atoms with van der Waals surface area (Å²) in [6.07, 6.45) is 0.831. The topological polar surface area (TPSA) is 65.5 Å². The van der Waals surface area contributed by atoms with Crippen molar-refractivity contribution in [1.29, 1.82) is 0 Å². The van der Waals surface area contributed by atoms with E-state index in [-0.39, 0.29) is 11.3 Å². The number of aliphatic imine (C=N–C) groups is 1. The Kier molecular flexibility index (Phi) is 8.61. The molecule has 0 heterocycles. The summed E-state index contributed by atoms with van der Waals surface area (Å²) < 4.78 is 0. The van der Waals surface area contributed by atoms with Crippen molar-refractivity contribution in [2.24, 2.45) is 10.4 Å². The van der Waals surface area contributed by atoms with E-state index in [1.807, 2.05) is 52.0 Å². The Morgan fingerprint density at radius 3 is 2.50 bits per heavy atom. The zero-order valence-electron chi connectivity index (χ0n) is 15.1. The van der Waals surface area contributed by atoms with Crippen molar-refractivity contribution in [3.8, 4) is 0 Å². The van der Waals surface area contributed by atoms with E-state index in [1.54, 1.807) is 0 Å². The van der Waals surface area contributed by atoms with Gasteiger partial charge in [0, 0.05) is 36.6 Å². The van der Waals surface area contributed by atoms with Gasteiger partial charge in [-0.1, -0.05) is 44.5 Å². The molecule has 134 valence electrons. The molecule has 0 bridgehead atoms. The van der Waals surface area contributed by atoms with E-state index in [9.17, 15) is 4.79 Å². The monoisotopic (exact) mass is 352 g/mol. The summed E-state index contributed by atoms with van der Waals surface area (Å²) in [6, 6.07) is 7.82. The second-order valence-electron chi connectivity index (χ2n) is 6.57. The minimum absolute atomic E-state index is 0.0483. The molecule has 0 saturated carbocycles. The lowest BCUT2D eigenvalue weighted by Gasteiger charge is -2.18. The summed E-state index contributed by atoms with van der Waals surface area (Å²) in [5.41, 5.74) is 0.801. The third kappa shape index (κ3) is 8.20. The summed E-state index contributed by atoms with van der Waals surface area (Å²) in [5.74, 6) is 0.803. The van der Waals surface area contributed by atoms with Crippen LogP contribution in [0.15, 0.2) is 29.3 Å². The van der Waals surface area contributed by atoms with Gasteiger partial charge in [0.1, 0.15) is 0 Å². The molecule has 0 saturated heterocycles. The Balaban J connectivity index is 2.38. The normalized spacial score (nSPS) is 12.0. The van der Waals surface area contributed by atoms with Crippen LogP contribution in [-0.2, 0) is 11.2 Å².